The van der Waals surface area contributed by atoms with E-state index in [2.05, 4.69) is 41.2 Å². The van der Waals surface area contributed by atoms with Crippen molar-refractivity contribution in [1.29, 1.82) is 0 Å². The molecule has 0 saturated carbocycles. The Labute approximate surface area is 134 Å². The van der Waals surface area contributed by atoms with Crippen molar-refractivity contribution in [1.82, 2.24) is 5.32 Å². The van der Waals surface area contributed by atoms with E-state index < -0.39 is 0 Å². The molecule has 0 fully saturated rings. The molecule has 0 aliphatic carbocycles. The molecule has 1 N–H and O–H groups in total. The summed E-state index contributed by atoms with van der Waals surface area (Å²) in [6.07, 6.45) is 1.05. The van der Waals surface area contributed by atoms with Crippen LogP contribution in [0.2, 0.25) is 0 Å². The number of halogens is 1. The van der Waals surface area contributed by atoms with Crippen molar-refractivity contribution in [3.8, 4) is 11.5 Å². The lowest BCUT2D eigenvalue weighted by atomic mass is 10.2. The minimum atomic E-state index is 0.717. The van der Waals surface area contributed by atoms with Crippen LogP contribution in [0, 0.1) is 0 Å². The summed E-state index contributed by atoms with van der Waals surface area (Å²) in [5.41, 5.74) is 1.18. The third kappa shape index (κ3) is 5.94. The van der Waals surface area contributed by atoms with Crippen molar-refractivity contribution in [2.45, 2.75) is 26.8 Å². The van der Waals surface area contributed by atoms with Crippen molar-refractivity contribution >= 4 is 27.7 Å². The Balaban J connectivity index is 2.64. The fourth-order valence-corrected chi connectivity index (χ4v) is 2.98. The Morgan fingerprint density at radius 2 is 2.10 bits per heavy atom. The quantitative estimate of drug-likeness (QED) is 0.635. The third-order valence-corrected chi connectivity index (χ3v) is 4.33. The van der Waals surface area contributed by atoms with E-state index in [0.717, 1.165) is 47.0 Å². The molecule has 3 nitrogen and oxygen atoms in total. The van der Waals surface area contributed by atoms with Crippen molar-refractivity contribution in [2.24, 2.45) is 0 Å². The maximum atomic E-state index is 5.86. The van der Waals surface area contributed by atoms with Crippen molar-refractivity contribution in [3.63, 3.8) is 0 Å². The average Bonchev–Trinajstić information content (AvgIpc) is 2.46. The first-order chi connectivity index (χ1) is 9.72. The lowest BCUT2D eigenvalue weighted by molar-refractivity contribution is 0.293. The van der Waals surface area contributed by atoms with Gasteiger partial charge in [-0.15, -0.1) is 0 Å². The maximum absolute atomic E-state index is 5.86. The molecule has 0 bridgehead atoms. The Morgan fingerprint density at radius 1 is 1.30 bits per heavy atom. The molecule has 0 spiro atoms. The first-order valence-electron chi connectivity index (χ1n) is 7.00. The van der Waals surface area contributed by atoms with Gasteiger partial charge in [0.05, 0.1) is 18.2 Å². The van der Waals surface area contributed by atoms with Crippen LogP contribution in [0.4, 0.5) is 0 Å². The van der Waals surface area contributed by atoms with Crippen LogP contribution in [0.1, 0.15) is 25.8 Å². The van der Waals surface area contributed by atoms with E-state index in [4.69, 9.17) is 9.47 Å². The van der Waals surface area contributed by atoms with Crippen LogP contribution in [0.3, 0.4) is 0 Å². The summed E-state index contributed by atoms with van der Waals surface area (Å²) < 4.78 is 12.2. The molecular formula is C15H24BrNO2S. The number of methoxy groups -OCH3 is 1. The third-order valence-electron chi connectivity index (χ3n) is 2.75. The molecule has 20 heavy (non-hydrogen) atoms. The number of nitrogens with one attached hydrogen (secondary N) is 1. The van der Waals surface area contributed by atoms with Gasteiger partial charge < -0.3 is 14.8 Å². The summed E-state index contributed by atoms with van der Waals surface area (Å²) in [6, 6.07) is 4.12. The normalized spacial score (nSPS) is 10.6. The van der Waals surface area contributed by atoms with Crippen molar-refractivity contribution < 1.29 is 9.47 Å². The zero-order valence-corrected chi connectivity index (χ0v) is 14.9. The zero-order chi connectivity index (χ0) is 14.8. The number of hydrogen-bond donors (Lipinski definition) is 1. The second-order valence-corrected chi connectivity index (χ2v) is 6.54. The largest absolute Gasteiger partial charge is 0.493 e. The van der Waals surface area contributed by atoms with Crippen molar-refractivity contribution in [2.75, 3.05) is 31.8 Å². The lowest BCUT2D eigenvalue weighted by Crippen LogP contribution is -2.12. The first kappa shape index (κ1) is 17.7. The fourth-order valence-electron chi connectivity index (χ4n) is 1.76. The van der Waals surface area contributed by atoms with Crippen LogP contribution >= 0.6 is 27.7 Å². The number of hydrogen-bond acceptors (Lipinski definition) is 4. The molecule has 0 aliphatic heterocycles. The second kappa shape index (κ2) is 10.4. The van der Waals surface area contributed by atoms with E-state index >= 15 is 0 Å². The molecule has 0 aliphatic rings. The Hall–Kier alpha value is -0.390. The molecule has 5 heteroatoms. The molecule has 0 radical (unpaired) electrons. The number of ether oxygens (including phenoxy) is 2. The van der Waals surface area contributed by atoms with E-state index in [0.29, 0.717) is 6.61 Å². The van der Waals surface area contributed by atoms with Gasteiger partial charge in [0.25, 0.3) is 0 Å². The summed E-state index contributed by atoms with van der Waals surface area (Å²) in [4.78, 5) is 0. The van der Waals surface area contributed by atoms with Crippen LogP contribution in [0.15, 0.2) is 16.6 Å². The van der Waals surface area contributed by atoms with Crippen LogP contribution in [0.25, 0.3) is 0 Å². The van der Waals surface area contributed by atoms with Gasteiger partial charge >= 0.3 is 0 Å². The van der Waals surface area contributed by atoms with E-state index in [9.17, 15) is 0 Å². The zero-order valence-electron chi connectivity index (χ0n) is 12.5. The van der Waals surface area contributed by atoms with Gasteiger partial charge in [-0.25, -0.2) is 0 Å². The Morgan fingerprint density at radius 3 is 2.75 bits per heavy atom. The molecule has 0 heterocycles. The highest BCUT2D eigenvalue weighted by atomic mass is 79.9. The summed E-state index contributed by atoms with van der Waals surface area (Å²) in [5.74, 6) is 3.88. The van der Waals surface area contributed by atoms with Crippen LogP contribution < -0.4 is 14.8 Å². The molecule has 0 atom stereocenters. The fraction of sp³-hybridized carbons (Fsp3) is 0.600. The van der Waals surface area contributed by atoms with Crippen LogP contribution in [-0.2, 0) is 6.54 Å². The van der Waals surface area contributed by atoms with Gasteiger partial charge in [-0.3, -0.25) is 0 Å². The number of benzene rings is 1. The predicted molar refractivity (Wildman–Crippen MR) is 91.2 cm³/mol. The molecule has 0 saturated heterocycles. The highest BCUT2D eigenvalue weighted by molar-refractivity contribution is 9.10. The number of thioether (sulfide) groups is 1. The first-order valence-corrected chi connectivity index (χ1v) is 8.95. The Kier molecular flexibility index (Phi) is 9.14. The van der Waals surface area contributed by atoms with E-state index in [1.807, 2.05) is 17.8 Å². The van der Waals surface area contributed by atoms with Crippen LogP contribution in [-0.4, -0.2) is 31.8 Å². The molecule has 1 aromatic carbocycles. The second-order valence-electron chi connectivity index (χ2n) is 4.29. The monoisotopic (exact) mass is 361 g/mol. The van der Waals surface area contributed by atoms with Gasteiger partial charge in [0.15, 0.2) is 11.5 Å². The van der Waals surface area contributed by atoms with E-state index in [1.165, 1.54) is 5.56 Å². The topological polar surface area (TPSA) is 30.5 Å². The van der Waals surface area contributed by atoms with Crippen molar-refractivity contribution in [3.05, 3.63) is 22.2 Å². The standard InChI is InChI=1S/C15H24BrNO2S/c1-4-17-11-12-9-13(16)15(14(10-12)18-3)19-7-6-8-20-5-2/h9-10,17H,4-8,11H2,1-3H3. The van der Waals surface area contributed by atoms with Gasteiger partial charge in [-0.2, -0.15) is 11.8 Å². The van der Waals surface area contributed by atoms with Gasteiger partial charge in [0.1, 0.15) is 0 Å². The summed E-state index contributed by atoms with van der Waals surface area (Å²) in [6.45, 7) is 6.77. The minimum absolute atomic E-state index is 0.717. The predicted octanol–water partition coefficient (Wildman–Crippen LogP) is 4.09. The molecule has 0 unspecified atom stereocenters. The molecule has 114 valence electrons. The van der Waals surface area contributed by atoms with Crippen LogP contribution in [0.5, 0.6) is 11.5 Å². The minimum Gasteiger partial charge on any atom is -0.493 e. The van der Waals surface area contributed by atoms with Gasteiger partial charge in [0.2, 0.25) is 0 Å². The molecule has 0 amide bonds. The smallest absolute Gasteiger partial charge is 0.175 e. The molecular weight excluding hydrogens is 338 g/mol. The summed E-state index contributed by atoms with van der Waals surface area (Å²) in [7, 11) is 1.68. The maximum Gasteiger partial charge on any atom is 0.175 e. The molecule has 1 aromatic rings. The summed E-state index contributed by atoms with van der Waals surface area (Å²) in [5, 5.41) is 3.31. The van der Waals surface area contributed by atoms with Gasteiger partial charge in [0, 0.05) is 6.54 Å². The lowest BCUT2D eigenvalue weighted by Gasteiger charge is -2.14. The highest BCUT2D eigenvalue weighted by Crippen LogP contribution is 2.36. The van der Waals surface area contributed by atoms with Gasteiger partial charge in [-0.1, -0.05) is 13.8 Å². The SMILES string of the molecule is CCNCc1cc(Br)c(OCCCSCC)c(OC)c1. The van der Waals surface area contributed by atoms with Gasteiger partial charge in [-0.05, 0) is 58.1 Å². The summed E-state index contributed by atoms with van der Waals surface area (Å²) >= 11 is 5.51. The van der Waals surface area contributed by atoms with E-state index in [1.54, 1.807) is 7.11 Å². The highest BCUT2D eigenvalue weighted by Gasteiger charge is 2.11. The molecule has 0 aromatic heterocycles. The van der Waals surface area contributed by atoms with E-state index in [-0.39, 0.29) is 0 Å². The molecule has 1 rings (SSSR count). The number of rotatable bonds is 10. The Bertz CT molecular complexity index is 402. The average molecular weight is 362 g/mol.